The van der Waals surface area contributed by atoms with Gasteiger partial charge in [0.1, 0.15) is 0 Å². The lowest BCUT2D eigenvalue weighted by Crippen LogP contribution is -2.39. The van der Waals surface area contributed by atoms with E-state index < -0.39 is 0 Å². The van der Waals surface area contributed by atoms with E-state index in [4.69, 9.17) is 15.2 Å². The highest BCUT2D eigenvalue weighted by Gasteiger charge is 2.04. The average Bonchev–Trinajstić information content (AvgIpc) is 2.44. The maximum Gasteiger partial charge on any atom is 0.331 e. The second kappa shape index (κ2) is 9.46. The first-order chi connectivity index (χ1) is 9.70. The fraction of sp³-hybridized carbons (Fsp3) is 0.692. The molecule has 0 saturated carbocycles. The molecule has 0 atom stereocenters. The lowest BCUT2D eigenvalue weighted by Gasteiger charge is -2.10. The third-order valence-electron chi connectivity index (χ3n) is 2.84. The molecule has 0 fully saturated rings. The Hall–Kier alpha value is -1.44. The van der Waals surface area contributed by atoms with Crippen LogP contribution in [0.25, 0.3) is 0 Å². The number of methoxy groups -OCH3 is 1. The highest BCUT2D eigenvalue weighted by atomic mass is 16.5. The van der Waals surface area contributed by atoms with Gasteiger partial charge in [0.15, 0.2) is 0 Å². The first-order valence-electron chi connectivity index (χ1n) is 6.77. The van der Waals surface area contributed by atoms with Crippen LogP contribution in [0, 0.1) is 0 Å². The molecule has 1 aromatic heterocycles. The Kier molecular flexibility index (Phi) is 7.86. The zero-order valence-electron chi connectivity index (χ0n) is 11.9. The number of hydrogen-bond acceptors (Lipinski definition) is 5. The van der Waals surface area contributed by atoms with Crippen LogP contribution in [0.4, 0.5) is 0 Å². The van der Waals surface area contributed by atoms with Crippen LogP contribution in [0.15, 0.2) is 21.9 Å². The molecule has 20 heavy (non-hydrogen) atoms. The van der Waals surface area contributed by atoms with E-state index in [2.05, 4.69) is 0 Å². The van der Waals surface area contributed by atoms with Gasteiger partial charge in [0.25, 0.3) is 5.56 Å². The summed E-state index contributed by atoms with van der Waals surface area (Å²) >= 11 is 0. The molecule has 0 bridgehead atoms. The minimum absolute atomic E-state index is 0.291. The van der Waals surface area contributed by atoms with Crippen LogP contribution in [0.1, 0.15) is 12.8 Å². The van der Waals surface area contributed by atoms with Gasteiger partial charge < -0.3 is 15.2 Å². The number of nitrogens with zero attached hydrogens (tertiary/aromatic N) is 2. The molecule has 0 aliphatic heterocycles. The van der Waals surface area contributed by atoms with Crippen LogP contribution < -0.4 is 17.0 Å². The molecular weight excluding hydrogens is 262 g/mol. The van der Waals surface area contributed by atoms with Gasteiger partial charge in [0.05, 0.1) is 13.2 Å². The third-order valence-corrected chi connectivity index (χ3v) is 2.84. The first kappa shape index (κ1) is 16.6. The summed E-state index contributed by atoms with van der Waals surface area (Å²) in [4.78, 5) is 23.7. The topological polar surface area (TPSA) is 88.5 Å². The monoisotopic (exact) mass is 285 g/mol. The molecule has 2 N–H and O–H groups in total. The van der Waals surface area contributed by atoms with Gasteiger partial charge >= 0.3 is 5.69 Å². The van der Waals surface area contributed by atoms with E-state index in [-0.39, 0.29) is 11.2 Å². The molecular formula is C13H23N3O4. The van der Waals surface area contributed by atoms with Crippen LogP contribution in [0.5, 0.6) is 0 Å². The van der Waals surface area contributed by atoms with Crippen molar-refractivity contribution >= 4 is 0 Å². The molecule has 0 amide bonds. The first-order valence-corrected chi connectivity index (χ1v) is 6.77. The lowest BCUT2D eigenvalue weighted by atomic mass is 10.4. The molecule has 1 rings (SSSR count). The summed E-state index contributed by atoms with van der Waals surface area (Å²) in [6.07, 6.45) is 2.93. The highest BCUT2D eigenvalue weighted by Crippen LogP contribution is 1.87. The molecule has 1 heterocycles. The van der Waals surface area contributed by atoms with Gasteiger partial charge in [-0.05, 0) is 19.4 Å². The smallest absolute Gasteiger partial charge is 0.331 e. The van der Waals surface area contributed by atoms with Crippen molar-refractivity contribution in [3.63, 3.8) is 0 Å². The van der Waals surface area contributed by atoms with Crippen molar-refractivity contribution in [2.45, 2.75) is 25.9 Å². The fourth-order valence-electron chi connectivity index (χ4n) is 1.75. The SMILES string of the molecule is COCCCOCCn1ccc(=O)n(CCCN)c1=O. The summed E-state index contributed by atoms with van der Waals surface area (Å²) in [5.41, 5.74) is 4.79. The van der Waals surface area contributed by atoms with Gasteiger partial charge in [-0.1, -0.05) is 0 Å². The minimum atomic E-state index is -0.313. The maximum atomic E-state index is 12.1. The second-order valence-electron chi connectivity index (χ2n) is 4.38. The van der Waals surface area contributed by atoms with Crippen molar-refractivity contribution in [3.8, 4) is 0 Å². The number of hydrogen-bond donors (Lipinski definition) is 1. The van der Waals surface area contributed by atoms with E-state index in [0.29, 0.717) is 45.9 Å². The average molecular weight is 285 g/mol. The molecule has 0 aliphatic carbocycles. The van der Waals surface area contributed by atoms with Crippen molar-refractivity contribution in [2.75, 3.05) is 33.5 Å². The minimum Gasteiger partial charge on any atom is -0.385 e. The van der Waals surface area contributed by atoms with E-state index in [9.17, 15) is 9.59 Å². The highest BCUT2D eigenvalue weighted by molar-refractivity contribution is 4.86. The lowest BCUT2D eigenvalue weighted by molar-refractivity contribution is 0.0968. The molecule has 114 valence electrons. The number of nitrogens with two attached hydrogens (primary N) is 1. The van der Waals surface area contributed by atoms with Crippen molar-refractivity contribution in [1.29, 1.82) is 0 Å². The molecule has 0 aromatic carbocycles. The van der Waals surface area contributed by atoms with Crippen LogP contribution in [-0.4, -0.2) is 42.6 Å². The zero-order valence-corrected chi connectivity index (χ0v) is 11.9. The van der Waals surface area contributed by atoms with Gasteiger partial charge in [-0.2, -0.15) is 0 Å². The largest absolute Gasteiger partial charge is 0.385 e. The number of rotatable bonds is 10. The molecule has 0 aliphatic rings. The van der Waals surface area contributed by atoms with Crippen molar-refractivity contribution in [1.82, 2.24) is 9.13 Å². The summed E-state index contributed by atoms with van der Waals surface area (Å²) in [6, 6.07) is 1.39. The Balaban J connectivity index is 2.54. The molecule has 0 unspecified atom stereocenters. The van der Waals surface area contributed by atoms with Crippen LogP contribution in [-0.2, 0) is 22.6 Å². The van der Waals surface area contributed by atoms with Gasteiger partial charge in [-0.3, -0.25) is 13.9 Å². The van der Waals surface area contributed by atoms with E-state index in [1.807, 2.05) is 0 Å². The fourth-order valence-corrected chi connectivity index (χ4v) is 1.75. The van der Waals surface area contributed by atoms with E-state index >= 15 is 0 Å². The summed E-state index contributed by atoms with van der Waals surface area (Å²) in [7, 11) is 1.64. The van der Waals surface area contributed by atoms with Crippen LogP contribution in [0.2, 0.25) is 0 Å². The quantitative estimate of drug-likeness (QED) is 0.581. The van der Waals surface area contributed by atoms with Gasteiger partial charge in [-0.25, -0.2) is 4.79 Å². The van der Waals surface area contributed by atoms with Gasteiger partial charge in [0.2, 0.25) is 0 Å². The molecule has 7 nitrogen and oxygen atoms in total. The molecule has 0 spiro atoms. The Morgan fingerprint density at radius 3 is 2.65 bits per heavy atom. The summed E-state index contributed by atoms with van der Waals surface area (Å²) < 4.78 is 13.0. The zero-order chi connectivity index (χ0) is 14.8. The number of ether oxygens (including phenoxy) is 2. The normalized spacial score (nSPS) is 10.9. The van der Waals surface area contributed by atoms with E-state index in [0.717, 1.165) is 6.42 Å². The third kappa shape index (κ3) is 5.28. The summed E-state index contributed by atoms with van der Waals surface area (Å²) in [6.45, 7) is 2.90. The molecule has 1 aromatic rings. The predicted octanol–water partition coefficient (Wildman–Crippen LogP) is -0.588. The summed E-state index contributed by atoms with van der Waals surface area (Å²) in [5, 5.41) is 0. The predicted molar refractivity (Wildman–Crippen MR) is 75.9 cm³/mol. The van der Waals surface area contributed by atoms with E-state index in [1.54, 1.807) is 7.11 Å². The Morgan fingerprint density at radius 2 is 1.95 bits per heavy atom. The van der Waals surface area contributed by atoms with Crippen LogP contribution in [0.3, 0.4) is 0 Å². The Bertz CT molecular complexity index is 495. The Morgan fingerprint density at radius 1 is 1.15 bits per heavy atom. The summed E-state index contributed by atoms with van der Waals surface area (Å²) in [5.74, 6) is 0. The maximum absolute atomic E-state index is 12.1. The molecule has 7 heteroatoms. The van der Waals surface area contributed by atoms with Gasteiger partial charge in [-0.15, -0.1) is 0 Å². The van der Waals surface area contributed by atoms with Crippen LogP contribution >= 0.6 is 0 Å². The molecule has 0 saturated heterocycles. The molecule has 0 radical (unpaired) electrons. The Labute approximate surface area is 117 Å². The van der Waals surface area contributed by atoms with Gasteiger partial charge in [0, 0.05) is 39.1 Å². The van der Waals surface area contributed by atoms with Crippen molar-refractivity contribution in [2.24, 2.45) is 5.73 Å². The standard InChI is InChI=1S/C13H23N3O4/c1-19-9-3-10-20-11-8-15-7-4-12(17)16(13(15)18)6-2-5-14/h4,7H,2-3,5-6,8-11,14H2,1H3. The number of aromatic nitrogens is 2. The second-order valence-corrected chi connectivity index (χ2v) is 4.38. The van der Waals surface area contributed by atoms with Crippen molar-refractivity contribution in [3.05, 3.63) is 33.1 Å². The van der Waals surface area contributed by atoms with Crippen molar-refractivity contribution < 1.29 is 9.47 Å². The van der Waals surface area contributed by atoms with E-state index in [1.165, 1.54) is 21.4 Å².